The van der Waals surface area contributed by atoms with Crippen molar-refractivity contribution in [3.8, 4) is 11.3 Å². The van der Waals surface area contributed by atoms with Crippen LogP contribution in [-0.4, -0.2) is 10.4 Å². The van der Waals surface area contributed by atoms with Crippen molar-refractivity contribution in [1.82, 2.24) is 4.57 Å². The van der Waals surface area contributed by atoms with Crippen LogP contribution in [0.2, 0.25) is 0 Å². The van der Waals surface area contributed by atoms with Gasteiger partial charge in [-0.1, -0.05) is 30.3 Å². The second-order valence-corrected chi connectivity index (χ2v) is 6.82. The van der Waals surface area contributed by atoms with E-state index in [-0.39, 0.29) is 11.6 Å². The summed E-state index contributed by atoms with van der Waals surface area (Å²) >= 11 is 0. The van der Waals surface area contributed by atoms with E-state index < -0.39 is 0 Å². The topological polar surface area (TPSA) is 25.9 Å². The van der Waals surface area contributed by atoms with Gasteiger partial charge in [-0.05, 0) is 43.5 Å². The summed E-state index contributed by atoms with van der Waals surface area (Å²) in [6, 6.07) is 16.0. The molecule has 2 heterocycles. The first-order valence-electron chi connectivity index (χ1n) is 9.18. The van der Waals surface area contributed by atoms with E-state index in [9.17, 15) is 9.18 Å². The van der Waals surface area contributed by atoms with Crippen molar-refractivity contribution in [3.05, 3.63) is 78.0 Å². The molecule has 0 unspecified atom stereocenters. The normalized spacial score (nSPS) is 13.9. The SMILES string of the molecule is O=C(C[n+]1cc(-c2ccc(F)cc2)n2c1CCCCC2)c1ccccc1. The third kappa shape index (κ3) is 3.32. The molecule has 0 fully saturated rings. The van der Waals surface area contributed by atoms with Gasteiger partial charge in [0.1, 0.15) is 12.0 Å². The summed E-state index contributed by atoms with van der Waals surface area (Å²) in [5.74, 6) is 1.06. The van der Waals surface area contributed by atoms with Crippen LogP contribution in [-0.2, 0) is 19.5 Å². The Kier molecular flexibility index (Phi) is 4.65. The Morgan fingerprint density at radius 1 is 1.00 bits per heavy atom. The summed E-state index contributed by atoms with van der Waals surface area (Å²) in [5.41, 5.74) is 2.78. The number of fused-ring (bicyclic) bond motifs is 1. The van der Waals surface area contributed by atoms with Gasteiger partial charge in [-0.25, -0.2) is 13.5 Å². The van der Waals surface area contributed by atoms with Gasteiger partial charge in [-0.3, -0.25) is 4.79 Å². The third-order valence-corrected chi connectivity index (χ3v) is 5.04. The zero-order valence-electron chi connectivity index (χ0n) is 14.7. The maximum Gasteiger partial charge on any atom is 0.257 e. The van der Waals surface area contributed by atoms with E-state index in [0.29, 0.717) is 6.54 Å². The van der Waals surface area contributed by atoms with Crippen LogP contribution in [0.1, 0.15) is 35.4 Å². The van der Waals surface area contributed by atoms with Gasteiger partial charge in [-0.2, -0.15) is 0 Å². The number of Topliss-reactive ketones (excluding diaryl/α,β-unsaturated/α-hetero) is 1. The molecular weight excluding hydrogens is 327 g/mol. The molecule has 0 spiro atoms. The molecule has 1 aliphatic rings. The van der Waals surface area contributed by atoms with Crippen LogP contribution in [0.4, 0.5) is 4.39 Å². The van der Waals surface area contributed by atoms with E-state index in [1.54, 1.807) is 0 Å². The minimum Gasteiger partial charge on any atom is -0.290 e. The first-order valence-corrected chi connectivity index (χ1v) is 9.18. The summed E-state index contributed by atoms with van der Waals surface area (Å²) in [6.45, 7) is 1.27. The van der Waals surface area contributed by atoms with E-state index in [0.717, 1.165) is 42.6 Å². The van der Waals surface area contributed by atoms with Crippen molar-refractivity contribution in [3.63, 3.8) is 0 Å². The number of aromatic nitrogens is 2. The predicted molar refractivity (Wildman–Crippen MR) is 98.3 cm³/mol. The highest BCUT2D eigenvalue weighted by atomic mass is 19.1. The van der Waals surface area contributed by atoms with Gasteiger partial charge in [0.25, 0.3) is 5.82 Å². The number of hydrogen-bond acceptors (Lipinski definition) is 1. The Bertz CT molecular complexity index is 913. The molecule has 1 aromatic heterocycles. The molecular formula is C22H22FN2O+. The lowest BCUT2D eigenvalue weighted by atomic mass is 10.1. The fourth-order valence-corrected chi connectivity index (χ4v) is 3.70. The molecule has 0 aliphatic carbocycles. The molecule has 0 amide bonds. The van der Waals surface area contributed by atoms with Crippen molar-refractivity contribution in [1.29, 1.82) is 0 Å². The quantitative estimate of drug-likeness (QED) is 0.512. The number of carbonyl (C=O) groups excluding carboxylic acids is 1. The highest BCUT2D eigenvalue weighted by Gasteiger charge is 2.27. The molecule has 132 valence electrons. The minimum atomic E-state index is -0.233. The van der Waals surface area contributed by atoms with Gasteiger partial charge in [0.15, 0.2) is 12.2 Å². The number of benzene rings is 2. The molecule has 0 atom stereocenters. The van der Waals surface area contributed by atoms with Gasteiger partial charge in [-0.15, -0.1) is 0 Å². The maximum absolute atomic E-state index is 13.3. The number of halogens is 1. The largest absolute Gasteiger partial charge is 0.290 e. The average molecular weight is 349 g/mol. The van der Waals surface area contributed by atoms with Crippen molar-refractivity contribution >= 4 is 5.78 Å². The van der Waals surface area contributed by atoms with Crippen LogP contribution >= 0.6 is 0 Å². The van der Waals surface area contributed by atoms with E-state index >= 15 is 0 Å². The molecule has 3 nitrogen and oxygen atoms in total. The van der Waals surface area contributed by atoms with Gasteiger partial charge in [0.2, 0.25) is 5.78 Å². The van der Waals surface area contributed by atoms with Gasteiger partial charge >= 0.3 is 0 Å². The molecule has 3 aromatic rings. The van der Waals surface area contributed by atoms with E-state index in [1.807, 2.05) is 42.5 Å². The molecule has 2 aromatic carbocycles. The number of hydrogen-bond donors (Lipinski definition) is 0. The summed E-state index contributed by atoms with van der Waals surface area (Å²) in [6.07, 6.45) is 6.46. The number of carbonyl (C=O) groups is 1. The van der Waals surface area contributed by atoms with Gasteiger partial charge in [0, 0.05) is 17.5 Å². The summed E-state index contributed by atoms with van der Waals surface area (Å²) < 4.78 is 17.7. The smallest absolute Gasteiger partial charge is 0.257 e. The molecule has 4 heteroatoms. The van der Waals surface area contributed by atoms with E-state index in [1.165, 1.54) is 24.4 Å². The molecule has 0 bridgehead atoms. The fourth-order valence-electron chi connectivity index (χ4n) is 3.70. The second kappa shape index (κ2) is 7.24. The monoisotopic (exact) mass is 349 g/mol. The maximum atomic E-state index is 13.3. The van der Waals surface area contributed by atoms with Crippen molar-refractivity contribution < 1.29 is 13.8 Å². The second-order valence-electron chi connectivity index (χ2n) is 6.82. The summed E-state index contributed by atoms with van der Waals surface area (Å²) in [4.78, 5) is 12.7. The van der Waals surface area contributed by atoms with Crippen molar-refractivity contribution in [2.24, 2.45) is 0 Å². The van der Waals surface area contributed by atoms with E-state index in [2.05, 4.69) is 15.3 Å². The number of nitrogens with zero attached hydrogens (tertiary/aromatic N) is 2. The zero-order chi connectivity index (χ0) is 17.9. The standard InChI is InChI=1S/C22H22FN2O/c23-19-12-10-17(11-13-19)20-15-24(22-9-5-2-6-14-25(20)22)16-21(26)18-7-3-1-4-8-18/h1,3-4,7-8,10-13,15H,2,5-6,9,14,16H2/q+1. The van der Waals surface area contributed by atoms with Crippen molar-refractivity contribution in [2.75, 3.05) is 0 Å². The summed E-state index contributed by atoms with van der Waals surface area (Å²) in [7, 11) is 0. The molecule has 0 saturated carbocycles. The minimum absolute atomic E-state index is 0.110. The van der Waals surface area contributed by atoms with Crippen LogP contribution in [0, 0.1) is 5.82 Å². The van der Waals surface area contributed by atoms with Crippen LogP contribution in [0.5, 0.6) is 0 Å². The Labute approximate surface area is 152 Å². The van der Waals surface area contributed by atoms with Crippen LogP contribution in [0.25, 0.3) is 11.3 Å². The van der Waals surface area contributed by atoms with Gasteiger partial charge < -0.3 is 0 Å². The highest BCUT2D eigenvalue weighted by molar-refractivity contribution is 5.95. The molecule has 1 aliphatic heterocycles. The fraction of sp³-hybridized carbons (Fsp3) is 0.273. The molecule has 0 N–H and O–H groups in total. The average Bonchev–Trinajstić information content (AvgIpc) is 2.84. The lowest BCUT2D eigenvalue weighted by Crippen LogP contribution is -2.40. The van der Waals surface area contributed by atoms with E-state index in [4.69, 9.17) is 0 Å². The zero-order valence-corrected chi connectivity index (χ0v) is 14.7. The van der Waals surface area contributed by atoms with Crippen LogP contribution in [0.15, 0.2) is 60.8 Å². The summed E-state index contributed by atoms with van der Waals surface area (Å²) in [5, 5.41) is 0. The first kappa shape index (κ1) is 16.7. The molecule has 26 heavy (non-hydrogen) atoms. The van der Waals surface area contributed by atoms with Crippen molar-refractivity contribution in [2.45, 2.75) is 38.8 Å². The highest BCUT2D eigenvalue weighted by Crippen LogP contribution is 2.24. The molecule has 0 radical (unpaired) electrons. The predicted octanol–water partition coefficient (Wildman–Crippen LogP) is 4.19. The third-order valence-electron chi connectivity index (χ3n) is 5.04. The Hall–Kier alpha value is -2.75. The lowest BCUT2D eigenvalue weighted by Gasteiger charge is -2.03. The first-order chi connectivity index (χ1) is 12.7. The Balaban J connectivity index is 1.73. The number of imidazole rings is 1. The lowest BCUT2D eigenvalue weighted by molar-refractivity contribution is -0.690. The Morgan fingerprint density at radius 2 is 1.77 bits per heavy atom. The number of ketones is 1. The molecule has 4 rings (SSSR count). The Morgan fingerprint density at radius 3 is 2.54 bits per heavy atom. The molecule has 0 saturated heterocycles. The number of rotatable bonds is 4. The van der Waals surface area contributed by atoms with Crippen LogP contribution < -0.4 is 4.57 Å². The van der Waals surface area contributed by atoms with Gasteiger partial charge in [0.05, 0.1) is 6.54 Å². The van der Waals surface area contributed by atoms with Crippen LogP contribution in [0.3, 0.4) is 0 Å².